The van der Waals surface area contributed by atoms with Gasteiger partial charge < -0.3 is 19.3 Å². The topological polar surface area (TPSA) is 84.9 Å². The summed E-state index contributed by atoms with van der Waals surface area (Å²) in [5, 5.41) is 0. The van der Waals surface area contributed by atoms with Crippen LogP contribution in [0.2, 0.25) is 0 Å². The van der Waals surface area contributed by atoms with Gasteiger partial charge in [0.25, 0.3) is 0 Å². The van der Waals surface area contributed by atoms with Crippen LogP contribution in [0.5, 0.6) is 5.88 Å². The molecule has 3 heterocycles. The Kier molecular flexibility index (Phi) is 6.95. The summed E-state index contributed by atoms with van der Waals surface area (Å²) in [6, 6.07) is 9.49. The number of rotatable bonds is 6. The molecule has 1 atom stereocenters. The van der Waals surface area contributed by atoms with Crippen LogP contribution in [-0.2, 0) is 14.3 Å². The third-order valence-corrected chi connectivity index (χ3v) is 6.42. The minimum Gasteiger partial charge on any atom is -0.475 e. The number of carbonyl (C=O) groups excluding carboxylic acids is 2. The van der Waals surface area contributed by atoms with Crippen molar-refractivity contribution in [3.63, 3.8) is 0 Å². The standard InChI is InChI=1S/C23H28N4O4S/c1-15(2)23-24-16(3)10-20(25-23)31-13-17-11-26(8-9-30-17)21(28)12-27-18-6-4-5-7-19(18)32-14-22(27)29/h4-7,10,15,17H,8-9,11-14H2,1-3H3. The molecule has 8 nitrogen and oxygen atoms in total. The highest BCUT2D eigenvalue weighted by Crippen LogP contribution is 2.34. The normalized spacial score (nSPS) is 18.6. The third kappa shape index (κ3) is 5.21. The molecular weight excluding hydrogens is 428 g/mol. The van der Waals surface area contributed by atoms with Crippen molar-refractivity contribution in [1.29, 1.82) is 0 Å². The van der Waals surface area contributed by atoms with Crippen LogP contribution in [0, 0.1) is 6.92 Å². The van der Waals surface area contributed by atoms with Crippen LogP contribution >= 0.6 is 11.8 Å². The minimum atomic E-state index is -0.259. The van der Waals surface area contributed by atoms with Gasteiger partial charge in [0.05, 0.1) is 24.6 Å². The van der Waals surface area contributed by atoms with Crippen molar-refractivity contribution in [3.05, 3.63) is 41.9 Å². The lowest BCUT2D eigenvalue weighted by Gasteiger charge is -2.35. The quantitative estimate of drug-likeness (QED) is 0.661. The average Bonchev–Trinajstić information content (AvgIpc) is 2.79. The lowest BCUT2D eigenvalue weighted by molar-refractivity contribution is -0.139. The number of thioether (sulfide) groups is 1. The predicted octanol–water partition coefficient (Wildman–Crippen LogP) is 2.65. The molecule has 1 saturated heterocycles. The van der Waals surface area contributed by atoms with Gasteiger partial charge in [0.2, 0.25) is 17.7 Å². The number of para-hydroxylation sites is 1. The van der Waals surface area contributed by atoms with E-state index >= 15 is 0 Å². The SMILES string of the molecule is Cc1cc(OCC2CN(C(=O)CN3C(=O)CSc4ccccc43)CCO2)nc(C(C)C)n1. The molecule has 0 N–H and O–H groups in total. The summed E-state index contributed by atoms with van der Waals surface area (Å²) in [5.74, 6) is 1.67. The van der Waals surface area contributed by atoms with Gasteiger partial charge in [-0.3, -0.25) is 9.59 Å². The molecule has 2 aliphatic heterocycles. The molecule has 1 aromatic heterocycles. The lowest BCUT2D eigenvalue weighted by Crippen LogP contribution is -2.51. The predicted molar refractivity (Wildman–Crippen MR) is 122 cm³/mol. The van der Waals surface area contributed by atoms with Crippen LogP contribution in [0.25, 0.3) is 0 Å². The van der Waals surface area contributed by atoms with Crippen molar-refractivity contribution < 1.29 is 19.1 Å². The fourth-order valence-electron chi connectivity index (χ4n) is 3.68. The molecule has 4 rings (SSSR count). The van der Waals surface area contributed by atoms with E-state index in [1.807, 2.05) is 45.0 Å². The van der Waals surface area contributed by atoms with Crippen LogP contribution in [0.1, 0.15) is 31.3 Å². The fourth-order valence-corrected chi connectivity index (χ4v) is 4.62. The van der Waals surface area contributed by atoms with Gasteiger partial charge in [-0.25, -0.2) is 4.98 Å². The second-order valence-corrected chi connectivity index (χ2v) is 9.26. The summed E-state index contributed by atoms with van der Waals surface area (Å²) in [7, 11) is 0. The molecule has 0 spiro atoms. The summed E-state index contributed by atoms with van der Waals surface area (Å²) < 4.78 is 11.7. The maximum Gasteiger partial charge on any atom is 0.242 e. The van der Waals surface area contributed by atoms with Gasteiger partial charge in [-0.2, -0.15) is 4.98 Å². The third-order valence-electron chi connectivity index (χ3n) is 5.37. The highest BCUT2D eigenvalue weighted by atomic mass is 32.2. The largest absolute Gasteiger partial charge is 0.475 e. The molecule has 1 fully saturated rings. The number of benzene rings is 1. The van der Waals surface area contributed by atoms with Gasteiger partial charge >= 0.3 is 0 Å². The van der Waals surface area contributed by atoms with Crippen molar-refractivity contribution in [2.45, 2.75) is 37.7 Å². The second kappa shape index (κ2) is 9.87. The molecule has 0 radical (unpaired) electrons. The van der Waals surface area contributed by atoms with Gasteiger partial charge in [0, 0.05) is 29.1 Å². The van der Waals surface area contributed by atoms with Crippen LogP contribution in [0.3, 0.4) is 0 Å². The number of nitrogens with zero attached hydrogens (tertiary/aromatic N) is 4. The number of amides is 2. The number of aromatic nitrogens is 2. The van der Waals surface area contributed by atoms with Gasteiger partial charge in [-0.15, -0.1) is 11.8 Å². The van der Waals surface area contributed by atoms with Crippen molar-refractivity contribution in [3.8, 4) is 5.88 Å². The average molecular weight is 457 g/mol. The smallest absolute Gasteiger partial charge is 0.242 e. The lowest BCUT2D eigenvalue weighted by atomic mass is 10.2. The van der Waals surface area contributed by atoms with Crippen molar-refractivity contribution in [2.75, 3.05) is 43.5 Å². The minimum absolute atomic E-state index is 0.0346. The summed E-state index contributed by atoms with van der Waals surface area (Å²) in [5.41, 5.74) is 1.65. The number of anilines is 1. The number of hydrogen-bond acceptors (Lipinski definition) is 7. The van der Waals surface area contributed by atoms with Crippen molar-refractivity contribution in [2.24, 2.45) is 0 Å². The molecule has 1 aromatic carbocycles. The Hall–Kier alpha value is -2.65. The van der Waals surface area contributed by atoms with E-state index in [0.717, 1.165) is 22.1 Å². The number of fused-ring (bicyclic) bond motifs is 1. The summed E-state index contributed by atoms with van der Waals surface area (Å²) in [6.07, 6.45) is -0.259. The fraction of sp³-hybridized carbons (Fsp3) is 0.478. The maximum atomic E-state index is 13.0. The summed E-state index contributed by atoms with van der Waals surface area (Å²) in [6.45, 7) is 7.66. The van der Waals surface area contributed by atoms with E-state index in [4.69, 9.17) is 9.47 Å². The molecule has 0 bridgehead atoms. The number of morpholine rings is 1. The highest BCUT2D eigenvalue weighted by Gasteiger charge is 2.30. The Morgan fingerprint density at radius 3 is 2.94 bits per heavy atom. The molecular formula is C23H28N4O4S. The Morgan fingerprint density at radius 1 is 1.31 bits per heavy atom. The van der Waals surface area contributed by atoms with E-state index in [-0.39, 0.29) is 30.4 Å². The molecule has 2 amide bonds. The van der Waals surface area contributed by atoms with E-state index in [0.29, 0.717) is 37.9 Å². The van der Waals surface area contributed by atoms with Gasteiger partial charge in [-0.1, -0.05) is 26.0 Å². The number of hydrogen-bond donors (Lipinski definition) is 0. The van der Waals surface area contributed by atoms with Crippen LogP contribution in [0.15, 0.2) is 35.2 Å². The van der Waals surface area contributed by atoms with Gasteiger partial charge in [0.1, 0.15) is 25.1 Å². The molecule has 2 aromatic rings. The van der Waals surface area contributed by atoms with Gasteiger partial charge in [-0.05, 0) is 19.1 Å². The highest BCUT2D eigenvalue weighted by molar-refractivity contribution is 8.00. The molecule has 2 aliphatic rings. The van der Waals surface area contributed by atoms with Crippen LogP contribution in [0.4, 0.5) is 5.69 Å². The number of aryl methyl sites for hydroxylation is 1. The Bertz CT molecular complexity index is 1000. The maximum absolute atomic E-state index is 13.0. The van der Waals surface area contributed by atoms with E-state index in [1.54, 1.807) is 15.9 Å². The first kappa shape index (κ1) is 22.5. The van der Waals surface area contributed by atoms with Crippen LogP contribution < -0.4 is 9.64 Å². The van der Waals surface area contributed by atoms with E-state index in [1.165, 1.54) is 11.8 Å². The molecule has 32 heavy (non-hydrogen) atoms. The molecule has 170 valence electrons. The Morgan fingerprint density at radius 2 is 2.12 bits per heavy atom. The number of ether oxygens (including phenoxy) is 2. The van der Waals surface area contributed by atoms with Gasteiger partial charge in [0.15, 0.2) is 0 Å². The first-order valence-electron chi connectivity index (χ1n) is 10.8. The molecule has 9 heteroatoms. The second-order valence-electron chi connectivity index (χ2n) is 8.24. The van der Waals surface area contributed by atoms with Crippen molar-refractivity contribution >= 4 is 29.3 Å². The first-order valence-corrected chi connectivity index (χ1v) is 11.8. The zero-order chi connectivity index (χ0) is 22.7. The zero-order valence-electron chi connectivity index (χ0n) is 18.6. The summed E-state index contributed by atoms with van der Waals surface area (Å²) >= 11 is 1.51. The summed E-state index contributed by atoms with van der Waals surface area (Å²) in [4.78, 5) is 38.8. The van der Waals surface area contributed by atoms with Crippen molar-refractivity contribution in [1.82, 2.24) is 14.9 Å². The van der Waals surface area contributed by atoms with E-state index in [9.17, 15) is 9.59 Å². The first-order chi connectivity index (χ1) is 15.4. The monoisotopic (exact) mass is 456 g/mol. The van der Waals surface area contributed by atoms with E-state index in [2.05, 4.69) is 9.97 Å². The molecule has 1 unspecified atom stereocenters. The van der Waals surface area contributed by atoms with Crippen LogP contribution in [-0.4, -0.2) is 71.4 Å². The Balaban J connectivity index is 1.36. The number of carbonyl (C=O) groups is 2. The Labute approximate surface area is 192 Å². The van der Waals surface area contributed by atoms with E-state index < -0.39 is 0 Å². The zero-order valence-corrected chi connectivity index (χ0v) is 19.4. The molecule has 0 aliphatic carbocycles. The molecule has 0 saturated carbocycles.